The van der Waals surface area contributed by atoms with E-state index in [9.17, 15) is 0 Å². The van der Waals surface area contributed by atoms with Crippen LogP contribution in [0.5, 0.6) is 0 Å². The van der Waals surface area contributed by atoms with Crippen molar-refractivity contribution >= 4 is 43.1 Å². The van der Waals surface area contributed by atoms with E-state index in [0.29, 0.717) is 0 Å². The highest BCUT2D eigenvalue weighted by atomic mass is 14.6. The van der Waals surface area contributed by atoms with Gasteiger partial charge in [-0.15, -0.1) is 0 Å². The van der Waals surface area contributed by atoms with Crippen LogP contribution in [0.2, 0.25) is 0 Å². The molecular formula is C61H39N3. The van der Waals surface area contributed by atoms with Gasteiger partial charge in [-0.1, -0.05) is 140 Å². The Kier molecular flexibility index (Phi) is 9.16. The number of hydrogen-bond donors (Lipinski definition) is 0. The minimum atomic E-state index is 1.07. The van der Waals surface area contributed by atoms with Gasteiger partial charge in [-0.2, -0.15) is 0 Å². The molecule has 3 heteroatoms. The summed E-state index contributed by atoms with van der Waals surface area (Å²) in [6.07, 6.45) is 11.4. The second-order valence-corrected chi connectivity index (χ2v) is 16.4. The summed E-state index contributed by atoms with van der Waals surface area (Å²) in [5, 5.41) is 9.57. The predicted molar refractivity (Wildman–Crippen MR) is 268 cm³/mol. The zero-order valence-corrected chi connectivity index (χ0v) is 34.9. The van der Waals surface area contributed by atoms with Crippen molar-refractivity contribution < 1.29 is 0 Å². The van der Waals surface area contributed by atoms with E-state index in [0.717, 1.165) is 44.5 Å². The zero-order chi connectivity index (χ0) is 42.4. The van der Waals surface area contributed by atoms with Crippen LogP contribution in [0.25, 0.3) is 121 Å². The average molecular weight is 814 g/mol. The maximum atomic E-state index is 4.73. The third kappa shape index (κ3) is 6.42. The van der Waals surface area contributed by atoms with Gasteiger partial charge >= 0.3 is 0 Å². The van der Waals surface area contributed by atoms with Crippen molar-refractivity contribution in [3.05, 3.63) is 237 Å². The summed E-state index contributed by atoms with van der Waals surface area (Å²) in [7, 11) is 0. The first kappa shape index (κ1) is 37.2. The smallest absolute Gasteiger partial charge is 0.0346 e. The molecular weight excluding hydrogens is 775 g/mol. The van der Waals surface area contributed by atoms with Gasteiger partial charge in [-0.05, 0) is 176 Å². The number of pyridine rings is 3. The number of benzene rings is 9. The molecule has 0 fully saturated rings. The van der Waals surface area contributed by atoms with E-state index in [2.05, 4.69) is 210 Å². The van der Waals surface area contributed by atoms with Crippen LogP contribution in [0.15, 0.2) is 237 Å². The number of aromatic nitrogens is 3. The Morgan fingerprint density at radius 1 is 0.188 bits per heavy atom. The van der Waals surface area contributed by atoms with Crippen molar-refractivity contribution in [1.82, 2.24) is 15.0 Å². The van der Waals surface area contributed by atoms with Gasteiger partial charge in [0.15, 0.2) is 0 Å². The molecule has 9 aromatic carbocycles. The first-order valence-electron chi connectivity index (χ1n) is 21.7. The molecule has 64 heavy (non-hydrogen) atoms. The summed E-state index contributed by atoms with van der Waals surface area (Å²) in [6.45, 7) is 0. The lowest BCUT2D eigenvalue weighted by Gasteiger charge is -2.23. The standard InChI is InChI=1S/C61H39N3/c1-2-12-40(13-3-1)43-14-10-19-48(36-43)60-51-22-5-4-21-50(51)54-37-56-57(38-55(54)61(60)49-20-11-29-64-39-49)59(47-18-9-16-45(35-47)42-27-32-63-33-28-42)53-24-7-6-23-52(53)58(56)46-17-8-15-44(34-46)41-25-30-62-31-26-41/h1-39H. The molecule has 0 spiro atoms. The van der Waals surface area contributed by atoms with Gasteiger partial charge in [0.1, 0.15) is 0 Å². The van der Waals surface area contributed by atoms with Crippen LogP contribution in [-0.2, 0) is 0 Å². The third-order valence-electron chi connectivity index (χ3n) is 12.7. The highest BCUT2D eigenvalue weighted by molar-refractivity contribution is 6.29. The molecule has 0 N–H and O–H groups in total. The fourth-order valence-corrected chi connectivity index (χ4v) is 9.87. The van der Waals surface area contributed by atoms with Crippen molar-refractivity contribution in [1.29, 1.82) is 0 Å². The van der Waals surface area contributed by atoms with Gasteiger partial charge < -0.3 is 0 Å². The normalized spacial score (nSPS) is 11.4. The van der Waals surface area contributed by atoms with Gasteiger partial charge in [0.25, 0.3) is 0 Å². The summed E-state index contributed by atoms with van der Waals surface area (Å²) < 4.78 is 0. The molecule has 0 saturated carbocycles. The van der Waals surface area contributed by atoms with E-state index in [1.807, 2.05) is 37.2 Å². The first-order chi connectivity index (χ1) is 31.8. The number of nitrogens with zero attached hydrogens (tertiary/aromatic N) is 3. The van der Waals surface area contributed by atoms with Gasteiger partial charge in [0.05, 0.1) is 0 Å². The largest absolute Gasteiger partial charge is 0.265 e. The lowest BCUT2D eigenvalue weighted by atomic mass is 9.80. The summed E-state index contributed by atoms with van der Waals surface area (Å²) >= 11 is 0. The van der Waals surface area contributed by atoms with Crippen molar-refractivity contribution in [2.24, 2.45) is 0 Å². The van der Waals surface area contributed by atoms with Crippen LogP contribution in [0.4, 0.5) is 0 Å². The van der Waals surface area contributed by atoms with Crippen LogP contribution >= 0.6 is 0 Å². The molecule has 0 amide bonds. The average Bonchev–Trinajstić information content (AvgIpc) is 3.38. The molecule has 12 rings (SSSR count). The molecule has 298 valence electrons. The highest BCUT2D eigenvalue weighted by Gasteiger charge is 2.23. The molecule has 12 aromatic rings. The molecule has 0 saturated heterocycles. The second kappa shape index (κ2) is 15.7. The fourth-order valence-electron chi connectivity index (χ4n) is 9.87. The van der Waals surface area contributed by atoms with E-state index >= 15 is 0 Å². The molecule has 0 aliphatic rings. The maximum Gasteiger partial charge on any atom is 0.0346 e. The minimum absolute atomic E-state index is 1.07. The Bertz CT molecular complexity index is 3700. The highest BCUT2D eigenvalue weighted by Crippen LogP contribution is 2.50. The SMILES string of the molecule is c1ccc(-c2cccc(-c3c(-c4cccnc4)c4cc5c(-c6cccc(-c7ccncc7)c6)c6ccccc6c(-c6cccc(-c7ccncc7)c6)c5cc4c4ccccc34)c2)cc1. The molecule has 0 unspecified atom stereocenters. The summed E-state index contributed by atoms with van der Waals surface area (Å²) in [5.41, 5.74) is 16.3. The predicted octanol–water partition coefficient (Wildman–Crippen LogP) is 16.2. The molecule has 3 nitrogen and oxygen atoms in total. The van der Waals surface area contributed by atoms with Crippen molar-refractivity contribution in [3.8, 4) is 77.9 Å². The van der Waals surface area contributed by atoms with E-state index in [-0.39, 0.29) is 0 Å². The van der Waals surface area contributed by atoms with Gasteiger partial charge in [-0.3, -0.25) is 15.0 Å². The van der Waals surface area contributed by atoms with E-state index in [1.54, 1.807) is 0 Å². The minimum Gasteiger partial charge on any atom is -0.265 e. The topological polar surface area (TPSA) is 38.7 Å². The number of hydrogen-bond acceptors (Lipinski definition) is 3. The van der Waals surface area contributed by atoms with E-state index in [1.165, 1.54) is 76.5 Å². The molecule has 0 atom stereocenters. The van der Waals surface area contributed by atoms with Crippen molar-refractivity contribution in [3.63, 3.8) is 0 Å². The Balaban J connectivity index is 1.25. The molecule has 0 radical (unpaired) electrons. The Labute approximate surface area is 371 Å². The number of rotatable bonds is 7. The zero-order valence-electron chi connectivity index (χ0n) is 34.9. The molecule has 0 bridgehead atoms. The van der Waals surface area contributed by atoms with Crippen LogP contribution < -0.4 is 0 Å². The van der Waals surface area contributed by atoms with Crippen molar-refractivity contribution in [2.75, 3.05) is 0 Å². The van der Waals surface area contributed by atoms with E-state index < -0.39 is 0 Å². The van der Waals surface area contributed by atoms with Gasteiger partial charge in [0.2, 0.25) is 0 Å². The third-order valence-corrected chi connectivity index (χ3v) is 12.7. The van der Waals surface area contributed by atoms with Crippen LogP contribution in [0.3, 0.4) is 0 Å². The molecule has 0 aliphatic carbocycles. The van der Waals surface area contributed by atoms with Crippen molar-refractivity contribution in [2.45, 2.75) is 0 Å². The lowest BCUT2D eigenvalue weighted by Crippen LogP contribution is -1.95. The summed E-state index contributed by atoms with van der Waals surface area (Å²) in [4.78, 5) is 13.4. The maximum absolute atomic E-state index is 4.73. The summed E-state index contributed by atoms with van der Waals surface area (Å²) in [6, 6.07) is 73.1. The van der Waals surface area contributed by atoms with Gasteiger partial charge in [0, 0.05) is 42.7 Å². The lowest BCUT2D eigenvalue weighted by molar-refractivity contribution is 1.33. The summed E-state index contributed by atoms with van der Waals surface area (Å²) in [5.74, 6) is 0. The Morgan fingerprint density at radius 2 is 0.562 bits per heavy atom. The fraction of sp³-hybridized carbons (Fsp3) is 0. The van der Waals surface area contributed by atoms with Gasteiger partial charge in [-0.25, -0.2) is 0 Å². The molecule has 3 aromatic heterocycles. The van der Waals surface area contributed by atoms with Crippen LogP contribution in [-0.4, -0.2) is 15.0 Å². The Hall–Kier alpha value is -8.53. The quantitative estimate of drug-likeness (QED) is 0.119. The Morgan fingerprint density at radius 3 is 1.08 bits per heavy atom. The van der Waals surface area contributed by atoms with E-state index in [4.69, 9.17) is 4.98 Å². The monoisotopic (exact) mass is 813 g/mol. The second-order valence-electron chi connectivity index (χ2n) is 16.4. The molecule has 0 aliphatic heterocycles. The number of fused-ring (bicyclic) bond motifs is 5. The molecule has 3 heterocycles. The first-order valence-corrected chi connectivity index (χ1v) is 21.7. The van der Waals surface area contributed by atoms with Crippen LogP contribution in [0.1, 0.15) is 0 Å². The van der Waals surface area contributed by atoms with Crippen LogP contribution in [0, 0.1) is 0 Å².